The number of amides is 3. The van der Waals surface area contributed by atoms with E-state index in [2.05, 4.69) is 33.2 Å². The van der Waals surface area contributed by atoms with Crippen molar-refractivity contribution in [1.29, 1.82) is 0 Å². The molecule has 1 aromatic heterocycles. The molecule has 0 spiro atoms. The fraction of sp³-hybridized carbons (Fsp3) is 0.294. The van der Waals surface area contributed by atoms with Crippen LogP contribution in [0, 0.1) is 3.57 Å². The molecule has 1 fully saturated rings. The number of carbonyl (C=O) groups is 2. The van der Waals surface area contributed by atoms with Crippen molar-refractivity contribution in [2.75, 3.05) is 18.4 Å². The summed E-state index contributed by atoms with van der Waals surface area (Å²) in [5.41, 5.74) is 1.34. The molecule has 0 saturated carbocycles. The molecule has 7 heteroatoms. The first kappa shape index (κ1) is 16.8. The number of benzene rings is 1. The average molecular weight is 439 g/mol. The van der Waals surface area contributed by atoms with Crippen LogP contribution in [0.15, 0.2) is 47.3 Å². The van der Waals surface area contributed by atoms with E-state index in [0.29, 0.717) is 18.7 Å². The number of piperidine rings is 1. The Labute approximate surface area is 153 Å². The predicted octanol–water partition coefficient (Wildman–Crippen LogP) is 3.31. The summed E-state index contributed by atoms with van der Waals surface area (Å²) in [6, 6.07) is 9.16. The molecule has 3 rings (SSSR count). The molecule has 1 aliphatic rings. The van der Waals surface area contributed by atoms with Crippen LogP contribution in [-0.4, -0.2) is 36.0 Å². The second-order valence-electron chi connectivity index (χ2n) is 5.69. The van der Waals surface area contributed by atoms with Gasteiger partial charge in [0.2, 0.25) is 0 Å². The van der Waals surface area contributed by atoms with Gasteiger partial charge in [-0.3, -0.25) is 4.79 Å². The molecule has 2 aromatic rings. The van der Waals surface area contributed by atoms with Gasteiger partial charge in [0.1, 0.15) is 6.26 Å². The minimum absolute atomic E-state index is 0.0227. The molecule has 1 aliphatic heterocycles. The second kappa shape index (κ2) is 7.69. The maximum atomic E-state index is 12.2. The largest absolute Gasteiger partial charge is 0.472 e. The Hall–Kier alpha value is -2.03. The Balaban J connectivity index is 1.47. The summed E-state index contributed by atoms with van der Waals surface area (Å²) < 4.78 is 6.02. The molecular weight excluding hydrogens is 421 g/mol. The first-order chi connectivity index (χ1) is 11.6. The van der Waals surface area contributed by atoms with Crippen LogP contribution >= 0.6 is 22.6 Å². The molecular formula is C17H18IN3O3. The molecule has 2 N–H and O–H groups in total. The summed E-state index contributed by atoms with van der Waals surface area (Å²) in [5.74, 6) is -0.0227. The van der Waals surface area contributed by atoms with Gasteiger partial charge in [-0.2, -0.15) is 0 Å². The van der Waals surface area contributed by atoms with E-state index in [0.717, 1.165) is 22.1 Å². The van der Waals surface area contributed by atoms with Crippen LogP contribution < -0.4 is 10.6 Å². The van der Waals surface area contributed by atoms with Gasteiger partial charge in [-0.1, -0.05) is 6.07 Å². The zero-order valence-corrected chi connectivity index (χ0v) is 15.2. The highest BCUT2D eigenvalue weighted by atomic mass is 127. The minimum Gasteiger partial charge on any atom is -0.472 e. The third-order valence-electron chi connectivity index (χ3n) is 3.97. The number of hydrogen-bond acceptors (Lipinski definition) is 3. The van der Waals surface area contributed by atoms with Crippen molar-refractivity contribution in [1.82, 2.24) is 10.2 Å². The summed E-state index contributed by atoms with van der Waals surface area (Å²) in [4.78, 5) is 26.1. The number of nitrogens with one attached hydrogen (secondary N) is 2. The SMILES string of the molecule is O=C(Nc1cccc(I)c1)NC1CCN(C(=O)c2ccoc2)CC1. The van der Waals surface area contributed by atoms with Gasteiger partial charge < -0.3 is 20.0 Å². The Morgan fingerprint density at radius 2 is 2.00 bits per heavy atom. The number of carbonyl (C=O) groups excluding carboxylic acids is 2. The van der Waals surface area contributed by atoms with Gasteiger partial charge in [-0.05, 0) is 59.7 Å². The van der Waals surface area contributed by atoms with Gasteiger partial charge >= 0.3 is 6.03 Å². The van der Waals surface area contributed by atoms with E-state index in [1.807, 2.05) is 24.3 Å². The van der Waals surface area contributed by atoms with E-state index in [-0.39, 0.29) is 18.0 Å². The van der Waals surface area contributed by atoms with Crippen molar-refractivity contribution in [3.8, 4) is 0 Å². The average Bonchev–Trinajstić information content (AvgIpc) is 3.09. The normalized spacial score (nSPS) is 15.1. The predicted molar refractivity (Wildman–Crippen MR) is 98.9 cm³/mol. The summed E-state index contributed by atoms with van der Waals surface area (Å²) >= 11 is 2.20. The molecule has 0 radical (unpaired) electrons. The highest BCUT2D eigenvalue weighted by molar-refractivity contribution is 14.1. The first-order valence-electron chi connectivity index (χ1n) is 7.76. The van der Waals surface area contributed by atoms with Crippen LogP contribution in [0.1, 0.15) is 23.2 Å². The third-order valence-corrected chi connectivity index (χ3v) is 4.64. The molecule has 24 heavy (non-hydrogen) atoms. The Morgan fingerprint density at radius 1 is 1.21 bits per heavy atom. The monoisotopic (exact) mass is 439 g/mol. The quantitative estimate of drug-likeness (QED) is 0.721. The number of anilines is 1. The van der Waals surface area contributed by atoms with Crippen molar-refractivity contribution < 1.29 is 14.0 Å². The van der Waals surface area contributed by atoms with Gasteiger partial charge in [0, 0.05) is 28.4 Å². The minimum atomic E-state index is -0.211. The fourth-order valence-corrected chi connectivity index (χ4v) is 3.26. The number of halogens is 1. The van der Waals surface area contributed by atoms with E-state index in [1.54, 1.807) is 11.0 Å². The lowest BCUT2D eigenvalue weighted by Gasteiger charge is -2.32. The molecule has 3 amide bonds. The Morgan fingerprint density at radius 3 is 2.67 bits per heavy atom. The van der Waals surface area contributed by atoms with Gasteiger partial charge in [-0.15, -0.1) is 0 Å². The van der Waals surface area contributed by atoms with Gasteiger partial charge in [-0.25, -0.2) is 4.79 Å². The van der Waals surface area contributed by atoms with E-state index >= 15 is 0 Å². The zero-order chi connectivity index (χ0) is 16.9. The second-order valence-corrected chi connectivity index (χ2v) is 6.93. The zero-order valence-electron chi connectivity index (χ0n) is 13.0. The van der Waals surface area contributed by atoms with Crippen LogP contribution in [0.2, 0.25) is 0 Å². The van der Waals surface area contributed by atoms with Crippen molar-refractivity contribution in [3.05, 3.63) is 52.0 Å². The molecule has 1 aromatic carbocycles. The van der Waals surface area contributed by atoms with Crippen molar-refractivity contribution in [2.45, 2.75) is 18.9 Å². The lowest BCUT2D eigenvalue weighted by molar-refractivity contribution is 0.0708. The summed E-state index contributed by atoms with van der Waals surface area (Å²) in [5, 5.41) is 5.81. The molecule has 0 aliphatic carbocycles. The molecule has 6 nitrogen and oxygen atoms in total. The fourth-order valence-electron chi connectivity index (χ4n) is 2.71. The summed E-state index contributed by atoms with van der Waals surface area (Å²) in [7, 11) is 0. The van der Waals surface area contributed by atoms with Gasteiger partial charge in [0.05, 0.1) is 11.8 Å². The molecule has 1 saturated heterocycles. The van der Waals surface area contributed by atoms with E-state index in [4.69, 9.17) is 4.42 Å². The van der Waals surface area contributed by atoms with E-state index < -0.39 is 0 Å². The van der Waals surface area contributed by atoms with E-state index in [1.165, 1.54) is 12.5 Å². The standard InChI is InChI=1S/C17H18IN3O3/c18-13-2-1-3-15(10-13)20-17(23)19-14-4-7-21(8-5-14)16(22)12-6-9-24-11-12/h1-3,6,9-11,14H,4-5,7-8H2,(H2,19,20,23). The van der Waals surface area contributed by atoms with E-state index in [9.17, 15) is 9.59 Å². The summed E-state index contributed by atoms with van der Waals surface area (Å²) in [6.07, 6.45) is 4.44. The topological polar surface area (TPSA) is 74.6 Å². The lowest BCUT2D eigenvalue weighted by Crippen LogP contribution is -2.47. The number of hydrogen-bond donors (Lipinski definition) is 2. The first-order valence-corrected chi connectivity index (χ1v) is 8.84. The maximum Gasteiger partial charge on any atom is 0.319 e. The highest BCUT2D eigenvalue weighted by Gasteiger charge is 2.25. The van der Waals surface area contributed by atoms with Crippen molar-refractivity contribution in [2.24, 2.45) is 0 Å². The van der Waals surface area contributed by atoms with Crippen LogP contribution in [-0.2, 0) is 0 Å². The van der Waals surface area contributed by atoms with Crippen molar-refractivity contribution in [3.63, 3.8) is 0 Å². The lowest BCUT2D eigenvalue weighted by atomic mass is 10.0. The molecule has 2 heterocycles. The number of rotatable bonds is 3. The number of likely N-dealkylation sites (tertiary alicyclic amines) is 1. The smallest absolute Gasteiger partial charge is 0.319 e. The number of urea groups is 1. The Bertz CT molecular complexity index is 710. The Kier molecular flexibility index (Phi) is 5.39. The van der Waals surface area contributed by atoms with Gasteiger partial charge in [0.25, 0.3) is 5.91 Å². The molecule has 126 valence electrons. The van der Waals surface area contributed by atoms with Gasteiger partial charge in [0.15, 0.2) is 0 Å². The number of nitrogens with zero attached hydrogens (tertiary/aromatic N) is 1. The molecule has 0 unspecified atom stereocenters. The van der Waals surface area contributed by atoms with Crippen molar-refractivity contribution >= 4 is 40.2 Å². The molecule has 0 atom stereocenters. The molecule has 0 bridgehead atoms. The van der Waals surface area contributed by atoms with Crippen LogP contribution in [0.3, 0.4) is 0 Å². The third kappa shape index (κ3) is 4.28. The number of furan rings is 1. The summed E-state index contributed by atoms with van der Waals surface area (Å²) in [6.45, 7) is 1.25. The highest BCUT2D eigenvalue weighted by Crippen LogP contribution is 2.15. The van der Waals surface area contributed by atoms with Crippen LogP contribution in [0.5, 0.6) is 0 Å². The van der Waals surface area contributed by atoms with Crippen LogP contribution in [0.25, 0.3) is 0 Å². The maximum absolute atomic E-state index is 12.2. The van der Waals surface area contributed by atoms with Crippen LogP contribution in [0.4, 0.5) is 10.5 Å².